The van der Waals surface area contributed by atoms with Crippen molar-refractivity contribution in [2.45, 2.75) is 25.1 Å². The first-order valence-corrected chi connectivity index (χ1v) is 10.1. The summed E-state index contributed by atoms with van der Waals surface area (Å²) >= 11 is 0. The van der Waals surface area contributed by atoms with E-state index in [1.807, 2.05) is 0 Å². The summed E-state index contributed by atoms with van der Waals surface area (Å²) in [5.41, 5.74) is 4.63. The third-order valence-corrected chi connectivity index (χ3v) is 5.02. The summed E-state index contributed by atoms with van der Waals surface area (Å²) in [4.78, 5) is 12.4. The predicted octanol–water partition coefficient (Wildman–Crippen LogP) is 3.61. The molecule has 2 atom stereocenters. The summed E-state index contributed by atoms with van der Waals surface area (Å²) in [6, 6.07) is 9.03. The number of halogens is 3. The van der Waals surface area contributed by atoms with Crippen molar-refractivity contribution in [3.8, 4) is 0 Å². The maximum absolute atomic E-state index is 12.9. The fourth-order valence-electron chi connectivity index (χ4n) is 2.99. The number of nitrogens with two attached hydrogens (primary N) is 1. The molecule has 0 bridgehead atoms. The Balaban J connectivity index is 2.56. The van der Waals surface area contributed by atoms with Crippen LogP contribution in [0.3, 0.4) is 0 Å². The quantitative estimate of drug-likeness (QED) is 0.484. The standard InChI is InChI=1S/C19H21F3N4O2S/c1-3-18(17(24)27,12-7-9-13(10-8-12)19(20,21)22)25-15-5-4-6-16(14(15)11-23)26-29(2)28/h4-11,23,25-26H,3H2,1-2H3,(H2,24,27). The summed E-state index contributed by atoms with van der Waals surface area (Å²) in [5, 5.41) is 10.7. The van der Waals surface area contributed by atoms with Crippen molar-refractivity contribution in [2.24, 2.45) is 5.73 Å². The molecule has 0 fully saturated rings. The maximum atomic E-state index is 12.9. The molecular formula is C19H21F3N4O2S. The van der Waals surface area contributed by atoms with E-state index in [9.17, 15) is 22.2 Å². The number of hydrogen-bond acceptors (Lipinski definition) is 4. The van der Waals surface area contributed by atoms with Crippen LogP contribution in [0, 0.1) is 5.41 Å². The van der Waals surface area contributed by atoms with Gasteiger partial charge in [-0.2, -0.15) is 13.2 Å². The van der Waals surface area contributed by atoms with Gasteiger partial charge in [-0.05, 0) is 36.2 Å². The number of benzene rings is 2. The molecule has 5 N–H and O–H groups in total. The van der Waals surface area contributed by atoms with Gasteiger partial charge in [0.1, 0.15) is 16.5 Å². The van der Waals surface area contributed by atoms with Crippen molar-refractivity contribution in [1.29, 1.82) is 5.41 Å². The molecule has 6 nitrogen and oxygen atoms in total. The number of nitrogens with one attached hydrogen (secondary N) is 3. The first-order valence-electron chi connectivity index (χ1n) is 8.54. The molecule has 0 saturated heterocycles. The van der Waals surface area contributed by atoms with Crippen molar-refractivity contribution in [3.05, 3.63) is 59.2 Å². The fourth-order valence-corrected chi connectivity index (χ4v) is 3.48. The molecule has 0 aliphatic carbocycles. The number of primary amides is 1. The van der Waals surface area contributed by atoms with Crippen LogP contribution in [0.1, 0.15) is 30.0 Å². The zero-order chi connectivity index (χ0) is 21.8. The van der Waals surface area contributed by atoms with E-state index >= 15 is 0 Å². The lowest BCUT2D eigenvalue weighted by molar-refractivity contribution is -0.137. The van der Waals surface area contributed by atoms with Crippen LogP contribution in [0.5, 0.6) is 0 Å². The van der Waals surface area contributed by atoms with E-state index in [2.05, 4.69) is 10.0 Å². The van der Waals surface area contributed by atoms with Crippen LogP contribution >= 0.6 is 0 Å². The lowest BCUT2D eigenvalue weighted by atomic mass is 9.85. The third kappa shape index (κ3) is 4.76. The van der Waals surface area contributed by atoms with Crippen molar-refractivity contribution in [2.75, 3.05) is 16.3 Å². The topological polar surface area (TPSA) is 108 Å². The highest BCUT2D eigenvalue weighted by Gasteiger charge is 2.38. The van der Waals surface area contributed by atoms with Gasteiger partial charge >= 0.3 is 6.18 Å². The Labute approximate surface area is 168 Å². The zero-order valence-electron chi connectivity index (χ0n) is 15.8. The van der Waals surface area contributed by atoms with Gasteiger partial charge in [0, 0.05) is 23.7 Å². The second kappa shape index (κ2) is 8.64. The van der Waals surface area contributed by atoms with Gasteiger partial charge in [-0.25, -0.2) is 4.21 Å². The van der Waals surface area contributed by atoms with E-state index in [0.717, 1.165) is 18.3 Å². The highest BCUT2D eigenvalue weighted by molar-refractivity contribution is 7.85. The molecule has 0 aliphatic rings. The number of hydrogen-bond donors (Lipinski definition) is 4. The molecule has 0 radical (unpaired) electrons. The van der Waals surface area contributed by atoms with E-state index in [1.165, 1.54) is 18.4 Å². The van der Waals surface area contributed by atoms with E-state index < -0.39 is 34.2 Å². The number of carbonyl (C=O) groups is 1. The van der Waals surface area contributed by atoms with Crippen LogP contribution < -0.4 is 15.8 Å². The van der Waals surface area contributed by atoms with Gasteiger partial charge in [-0.1, -0.05) is 25.1 Å². The van der Waals surface area contributed by atoms with Gasteiger partial charge in [-0.15, -0.1) is 0 Å². The highest BCUT2D eigenvalue weighted by atomic mass is 32.2. The van der Waals surface area contributed by atoms with Crippen LogP contribution in [0.25, 0.3) is 0 Å². The average molecular weight is 426 g/mol. The van der Waals surface area contributed by atoms with Gasteiger partial charge in [0.15, 0.2) is 0 Å². The Hall–Kier alpha value is -2.88. The van der Waals surface area contributed by atoms with Gasteiger partial charge in [0.25, 0.3) is 0 Å². The minimum absolute atomic E-state index is 0.141. The van der Waals surface area contributed by atoms with Crippen LogP contribution in [0.2, 0.25) is 0 Å². The molecule has 10 heteroatoms. The number of rotatable bonds is 8. The van der Waals surface area contributed by atoms with Gasteiger partial charge < -0.3 is 21.2 Å². The summed E-state index contributed by atoms with van der Waals surface area (Å²) in [5.74, 6) is -0.784. The van der Waals surface area contributed by atoms with Gasteiger partial charge in [-0.3, -0.25) is 4.79 Å². The minimum Gasteiger partial charge on any atom is -0.367 e. The van der Waals surface area contributed by atoms with Crippen LogP contribution in [-0.2, 0) is 27.5 Å². The van der Waals surface area contributed by atoms with Crippen molar-refractivity contribution in [1.82, 2.24) is 0 Å². The average Bonchev–Trinajstić information content (AvgIpc) is 2.65. The van der Waals surface area contributed by atoms with E-state index in [0.29, 0.717) is 16.9 Å². The Kier molecular flexibility index (Phi) is 6.68. The molecule has 0 spiro atoms. The van der Waals surface area contributed by atoms with Crippen LogP contribution in [-0.4, -0.2) is 22.6 Å². The molecule has 1 amide bonds. The van der Waals surface area contributed by atoms with E-state index in [1.54, 1.807) is 25.1 Å². The third-order valence-electron chi connectivity index (χ3n) is 4.51. The molecule has 2 aromatic carbocycles. The molecular weight excluding hydrogens is 405 g/mol. The lowest BCUT2D eigenvalue weighted by Crippen LogP contribution is -2.47. The normalized spacial score (nSPS) is 14.5. The first kappa shape index (κ1) is 22.4. The zero-order valence-corrected chi connectivity index (χ0v) is 16.6. The maximum Gasteiger partial charge on any atom is 0.416 e. The van der Waals surface area contributed by atoms with Crippen LogP contribution in [0.4, 0.5) is 24.5 Å². The van der Waals surface area contributed by atoms with Crippen LogP contribution in [0.15, 0.2) is 42.5 Å². The number of anilines is 2. The van der Waals surface area contributed by atoms with Crippen molar-refractivity contribution in [3.63, 3.8) is 0 Å². The molecule has 29 heavy (non-hydrogen) atoms. The largest absolute Gasteiger partial charge is 0.416 e. The summed E-state index contributed by atoms with van der Waals surface area (Å²) in [6.45, 7) is 1.67. The van der Waals surface area contributed by atoms with E-state index in [4.69, 9.17) is 11.1 Å². The molecule has 2 aromatic rings. The van der Waals surface area contributed by atoms with Gasteiger partial charge in [0.2, 0.25) is 5.91 Å². The number of carbonyl (C=O) groups excluding carboxylic acids is 1. The summed E-state index contributed by atoms with van der Waals surface area (Å²) < 4.78 is 52.9. The predicted molar refractivity (Wildman–Crippen MR) is 108 cm³/mol. The van der Waals surface area contributed by atoms with Gasteiger partial charge in [0.05, 0.1) is 11.3 Å². The molecule has 0 heterocycles. The summed E-state index contributed by atoms with van der Waals surface area (Å²) in [7, 11) is -1.40. The monoisotopic (exact) mass is 426 g/mol. The molecule has 0 aliphatic heterocycles. The molecule has 156 valence electrons. The smallest absolute Gasteiger partial charge is 0.367 e. The number of alkyl halides is 3. The molecule has 0 saturated carbocycles. The van der Waals surface area contributed by atoms with Crippen molar-refractivity contribution >= 4 is 34.5 Å². The highest BCUT2D eigenvalue weighted by Crippen LogP contribution is 2.35. The lowest BCUT2D eigenvalue weighted by Gasteiger charge is -2.33. The molecule has 0 aromatic heterocycles. The number of amides is 1. The Bertz CT molecular complexity index is 932. The second-order valence-electron chi connectivity index (χ2n) is 6.29. The van der Waals surface area contributed by atoms with Crippen molar-refractivity contribution < 1.29 is 22.2 Å². The molecule has 2 unspecified atom stereocenters. The Morgan fingerprint density at radius 3 is 2.14 bits per heavy atom. The second-order valence-corrected chi connectivity index (χ2v) is 7.40. The Morgan fingerprint density at radius 1 is 1.14 bits per heavy atom. The summed E-state index contributed by atoms with van der Waals surface area (Å²) in [6.07, 6.45) is -1.92. The SMILES string of the molecule is CCC(Nc1cccc(NS(C)=O)c1C=N)(C(N)=O)c1ccc(C(F)(F)F)cc1. The first-order chi connectivity index (χ1) is 13.5. The molecule has 2 rings (SSSR count). The fraction of sp³-hybridized carbons (Fsp3) is 0.263. The van der Waals surface area contributed by atoms with E-state index in [-0.39, 0.29) is 12.0 Å². The minimum atomic E-state index is -4.50. The Morgan fingerprint density at radius 2 is 1.69 bits per heavy atom.